The fourth-order valence-electron chi connectivity index (χ4n) is 3.85. The van der Waals surface area contributed by atoms with Crippen LogP contribution in [0.2, 0.25) is 0 Å². The predicted octanol–water partition coefficient (Wildman–Crippen LogP) is 1.45. The number of carbonyl (C=O) groups excluding carboxylic acids is 4. The second-order valence-corrected chi connectivity index (χ2v) is 7.32. The molecule has 138 valence electrons. The highest BCUT2D eigenvalue weighted by molar-refractivity contribution is 6.15. The maximum absolute atomic E-state index is 13.0. The molecule has 1 aliphatic heterocycles. The third-order valence-electron chi connectivity index (χ3n) is 5.37. The van der Waals surface area contributed by atoms with Crippen LogP contribution in [0.15, 0.2) is 30.3 Å². The summed E-state index contributed by atoms with van der Waals surface area (Å²) >= 11 is 0. The minimum absolute atomic E-state index is 0.165. The number of Topliss-reactive ketones (excluding diaryl/α,β-unsaturated/α-hetero) is 1. The number of ketones is 1. The highest BCUT2D eigenvalue weighted by Crippen LogP contribution is 2.40. The molecular formula is C19H23N3O4. The molecule has 26 heavy (non-hydrogen) atoms. The third-order valence-corrected chi connectivity index (χ3v) is 5.37. The summed E-state index contributed by atoms with van der Waals surface area (Å²) in [5, 5.41) is 0. The zero-order valence-electron chi connectivity index (χ0n) is 14.8. The van der Waals surface area contributed by atoms with Crippen molar-refractivity contribution in [2.24, 2.45) is 11.1 Å². The van der Waals surface area contributed by atoms with Gasteiger partial charge in [0.25, 0.3) is 5.91 Å². The molecule has 0 radical (unpaired) electrons. The maximum atomic E-state index is 13.0. The van der Waals surface area contributed by atoms with Crippen LogP contribution in [-0.2, 0) is 20.9 Å². The summed E-state index contributed by atoms with van der Waals surface area (Å²) < 4.78 is 0. The normalized spacial score (nSPS) is 20.5. The zero-order chi connectivity index (χ0) is 18.9. The number of amides is 4. The van der Waals surface area contributed by atoms with Crippen LogP contribution < -0.4 is 5.73 Å². The highest BCUT2D eigenvalue weighted by atomic mass is 16.2. The van der Waals surface area contributed by atoms with Crippen LogP contribution in [0.5, 0.6) is 0 Å². The molecule has 1 aromatic carbocycles. The SMILES string of the molecule is CC1(C(=O)C(C(N)=O)N2C(=O)CN(Cc3ccccc3)C2=O)CCCC1. The van der Waals surface area contributed by atoms with Gasteiger partial charge in [-0.2, -0.15) is 0 Å². The first-order chi connectivity index (χ1) is 12.3. The van der Waals surface area contributed by atoms with E-state index in [1.165, 1.54) is 4.90 Å². The van der Waals surface area contributed by atoms with Crippen LogP contribution in [0.25, 0.3) is 0 Å². The Morgan fingerprint density at radius 3 is 2.35 bits per heavy atom. The number of nitrogens with two attached hydrogens (primary N) is 1. The van der Waals surface area contributed by atoms with Gasteiger partial charge in [-0.1, -0.05) is 50.1 Å². The van der Waals surface area contributed by atoms with Crippen LogP contribution in [0.1, 0.15) is 38.2 Å². The Morgan fingerprint density at radius 2 is 1.77 bits per heavy atom. The van der Waals surface area contributed by atoms with Crippen molar-refractivity contribution >= 4 is 23.6 Å². The lowest BCUT2D eigenvalue weighted by atomic mass is 9.80. The van der Waals surface area contributed by atoms with E-state index in [1.807, 2.05) is 30.3 Å². The first-order valence-electron chi connectivity index (χ1n) is 8.82. The van der Waals surface area contributed by atoms with E-state index in [2.05, 4.69) is 0 Å². The smallest absolute Gasteiger partial charge is 0.328 e. The first kappa shape index (κ1) is 18.1. The molecule has 1 aliphatic carbocycles. The molecule has 2 N–H and O–H groups in total. The number of benzene rings is 1. The Hall–Kier alpha value is -2.70. The van der Waals surface area contributed by atoms with Crippen LogP contribution in [0.4, 0.5) is 4.79 Å². The van der Waals surface area contributed by atoms with Crippen LogP contribution in [0, 0.1) is 5.41 Å². The number of nitrogens with zero attached hydrogens (tertiary/aromatic N) is 2. The second kappa shape index (κ2) is 6.90. The second-order valence-electron chi connectivity index (χ2n) is 7.32. The largest absolute Gasteiger partial charge is 0.367 e. The lowest BCUT2D eigenvalue weighted by Gasteiger charge is -2.30. The molecule has 0 bridgehead atoms. The molecule has 1 heterocycles. The fraction of sp³-hybridized carbons (Fsp3) is 0.474. The molecule has 2 fully saturated rings. The summed E-state index contributed by atoms with van der Waals surface area (Å²) in [6, 6.07) is 7.05. The van der Waals surface area contributed by atoms with Gasteiger partial charge in [0.05, 0.1) is 0 Å². The van der Waals surface area contributed by atoms with Crippen LogP contribution in [-0.4, -0.2) is 46.0 Å². The molecule has 0 aromatic heterocycles. The van der Waals surface area contributed by atoms with Gasteiger partial charge in [0.15, 0.2) is 11.8 Å². The highest BCUT2D eigenvalue weighted by Gasteiger charge is 2.51. The van der Waals surface area contributed by atoms with E-state index in [0.29, 0.717) is 12.8 Å². The van der Waals surface area contributed by atoms with E-state index in [-0.39, 0.29) is 13.1 Å². The molecule has 7 heteroatoms. The zero-order valence-corrected chi connectivity index (χ0v) is 14.8. The van der Waals surface area contributed by atoms with Gasteiger partial charge in [-0.25, -0.2) is 9.69 Å². The lowest BCUT2D eigenvalue weighted by Crippen LogP contribution is -2.56. The number of primary amides is 1. The van der Waals surface area contributed by atoms with Gasteiger partial charge in [0, 0.05) is 12.0 Å². The van der Waals surface area contributed by atoms with E-state index in [0.717, 1.165) is 23.3 Å². The van der Waals surface area contributed by atoms with Crippen molar-refractivity contribution in [1.29, 1.82) is 0 Å². The maximum Gasteiger partial charge on any atom is 0.328 e. The molecule has 1 unspecified atom stereocenters. The Morgan fingerprint density at radius 1 is 1.15 bits per heavy atom. The van der Waals surface area contributed by atoms with Crippen molar-refractivity contribution in [1.82, 2.24) is 9.80 Å². The number of urea groups is 1. The Labute approximate surface area is 152 Å². The Kier molecular flexibility index (Phi) is 4.80. The topological polar surface area (TPSA) is 101 Å². The molecule has 1 atom stereocenters. The van der Waals surface area contributed by atoms with Gasteiger partial charge in [0.1, 0.15) is 6.54 Å². The molecule has 2 aliphatic rings. The van der Waals surface area contributed by atoms with Gasteiger partial charge in [0.2, 0.25) is 5.91 Å². The van der Waals surface area contributed by atoms with Crippen molar-refractivity contribution < 1.29 is 19.2 Å². The van der Waals surface area contributed by atoms with Crippen molar-refractivity contribution in [3.8, 4) is 0 Å². The summed E-state index contributed by atoms with van der Waals surface area (Å²) in [4.78, 5) is 52.3. The van der Waals surface area contributed by atoms with E-state index in [4.69, 9.17) is 5.73 Å². The van der Waals surface area contributed by atoms with E-state index >= 15 is 0 Å². The fourth-order valence-corrected chi connectivity index (χ4v) is 3.85. The number of rotatable bonds is 6. The monoisotopic (exact) mass is 357 g/mol. The average Bonchev–Trinajstić information content (AvgIpc) is 3.16. The van der Waals surface area contributed by atoms with Crippen molar-refractivity contribution in [3.63, 3.8) is 0 Å². The molecular weight excluding hydrogens is 334 g/mol. The summed E-state index contributed by atoms with van der Waals surface area (Å²) in [6.45, 7) is 1.85. The molecule has 0 spiro atoms. The molecule has 1 saturated heterocycles. The predicted molar refractivity (Wildman–Crippen MR) is 93.7 cm³/mol. The standard InChI is InChI=1S/C19H23N3O4/c1-19(9-5-6-10-19)16(24)15(17(20)25)22-14(23)12-21(18(22)26)11-13-7-3-2-4-8-13/h2-4,7-8,15H,5-6,9-12H2,1H3,(H2,20,25). The van der Waals surface area contributed by atoms with Gasteiger partial charge < -0.3 is 10.6 Å². The Bertz CT molecular complexity index is 740. The number of imide groups is 1. The molecule has 7 nitrogen and oxygen atoms in total. The van der Waals surface area contributed by atoms with Crippen molar-refractivity contribution in [3.05, 3.63) is 35.9 Å². The van der Waals surface area contributed by atoms with E-state index < -0.39 is 35.1 Å². The molecule has 1 saturated carbocycles. The third kappa shape index (κ3) is 3.21. The van der Waals surface area contributed by atoms with E-state index in [9.17, 15) is 19.2 Å². The van der Waals surface area contributed by atoms with Gasteiger partial charge in [-0.15, -0.1) is 0 Å². The van der Waals surface area contributed by atoms with Crippen LogP contribution >= 0.6 is 0 Å². The quantitative estimate of drug-likeness (QED) is 0.615. The van der Waals surface area contributed by atoms with E-state index in [1.54, 1.807) is 6.92 Å². The summed E-state index contributed by atoms with van der Waals surface area (Å²) in [7, 11) is 0. The van der Waals surface area contributed by atoms with Crippen molar-refractivity contribution in [2.75, 3.05) is 6.54 Å². The van der Waals surface area contributed by atoms with Gasteiger partial charge in [-0.05, 0) is 18.4 Å². The number of carbonyl (C=O) groups is 4. The number of hydrogen-bond acceptors (Lipinski definition) is 4. The minimum Gasteiger partial charge on any atom is -0.367 e. The van der Waals surface area contributed by atoms with Crippen molar-refractivity contribution in [2.45, 2.75) is 45.2 Å². The average molecular weight is 357 g/mol. The molecule has 1 aromatic rings. The molecule has 4 amide bonds. The molecule has 3 rings (SSSR count). The summed E-state index contributed by atoms with van der Waals surface area (Å²) in [5.41, 5.74) is 5.59. The Balaban J connectivity index is 1.83. The van der Waals surface area contributed by atoms with Gasteiger partial charge in [-0.3, -0.25) is 14.4 Å². The number of hydrogen-bond donors (Lipinski definition) is 1. The minimum atomic E-state index is -1.53. The lowest BCUT2D eigenvalue weighted by molar-refractivity contribution is -0.144. The van der Waals surface area contributed by atoms with Gasteiger partial charge >= 0.3 is 6.03 Å². The first-order valence-corrected chi connectivity index (χ1v) is 8.82. The summed E-state index contributed by atoms with van der Waals surface area (Å²) in [6.07, 6.45) is 3.05. The summed E-state index contributed by atoms with van der Waals surface area (Å²) in [5.74, 6) is -1.94. The van der Waals surface area contributed by atoms with Crippen LogP contribution in [0.3, 0.4) is 0 Å².